The van der Waals surface area contributed by atoms with Crippen LogP contribution in [-0.4, -0.2) is 46.2 Å². The molecule has 0 aliphatic heterocycles. The van der Waals surface area contributed by atoms with Crippen molar-refractivity contribution in [2.45, 2.75) is 37.4 Å². The summed E-state index contributed by atoms with van der Waals surface area (Å²) in [5, 5.41) is 7.66. The number of hydrogen-bond acceptors (Lipinski definition) is 4. The van der Waals surface area contributed by atoms with E-state index in [0.717, 1.165) is 44.8 Å². The van der Waals surface area contributed by atoms with Crippen molar-refractivity contribution in [3.8, 4) is 0 Å². The third-order valence-electron chi connectivity index (χ3n) is 6.97. The summed E-state index contributed by atoms with van der Waals surface area (Å²) in [7, 11) is 0. The Hall–Kier alpha value is -4.69. The van der Waals surface area contributed by atoms with E-state index >= 15 is 0 Å². The third kappa shape index (κ3) is 6.08. The zero-order valence-corrected chi connectivity index (χ0v) is 21.4. The monoisotopic (exact) mass is 521 g/mol. The maximum absolute atomic E-state index is 13.4. The number of aromatic amines is 2. The summed E-state index contributed by atoms with van der Waals surface area (Å²) in [5.74, 6) is -0.876. The lowest BCUT2D eigenvalue weighted by molar-refractivity contribution is -0.130. The molecule has 0 unspecified atom stereocenters. The van der Waals surface area contributed by atoms with Crippen molar-refractivity contribution in [2.24, 2.45) is 5.73 Å². The molecule has 198 valence electrons. The molecule has 0 radical (unpaired) electrons. The molecule has 8 nitrogen and oxygen atoms in total. The van der Waals surface area contributed by atoms with Gasteiger partial charge in [0.25, 0.3) is 0 Å². The van der Waals surface area contributed by atoms with Crippen LogP contribution in [0.4, 0.5) is 0 Å². The highest BCUT2D eigenvalue weighted by Crippen LogP contribution is 2.20. The Morgan fingerprint density at radius 3 is 1.90 bits per heavy atom. The summed E-state index contributed by atoms with van der Waals surface area (Å²) in [6.45, 7) is 0. The van der Waals surface area contributed by atoms with Crippen LogP contribution in [0.2, 0.25) is 0 Å². The van der Waals surface area contributed by atoms with E-state index < -0.39 is 29.9 Å². The molecule has 0 saturated heterocycles. The second kappa shape index (κ2) is 11.8. The van der Waals surface area contributed by atoms with Gasteiger partial charge in [0.1, 0.15) is 12.3 Å². The molecule has 0 saturated carbocycles. The summed E-state index contributed by atoms with van der Waals surface area (Å²) in [6, 6.07) is 22.5. The normalized spacial score (nSPS) is 13.6. The first-order valence-electron chi connectivity index (χ1n) is 13.0. The quantitative estimate of drug-likeness (QED) is 0.171. The van der Waals surface area contributed by atoms with E-state index in [9.17, 15) is 14.4 Å². The lowest BCUT2D eigenvalue weighted by atomic mass is 10.0. The number of fused-ring (bicyclic) bond motifs is 2. The third-order valence-corrected chi connectivity index (χ3v) is 6.97. The molecule has 0 aliphatic carbocycles. The number of H-pyrrole nitrogens is 2. The van der Waals surface area contributed by atoms with E-state index in [4.69, 9.17) is 5.73 Å². The average molecular weight is 522 g/mol. The summed E-state index contributed by atoms with van der Waals surface area (Å²) in [5.41, 5.74) is 11.0. The van der Waals surface area contributed by atoms with Gasteiger partial charge in [-0.2, -0.15) is 0 Å². The number of amides is 2. The molecule has 5 aromatic rings. The van der Waals surface area contributed by atoms with E-state index in [2.05, 4.69) is 20.6 Å². The number of aromatic nitrogens is 2. The van der Waals surface area contributed by atoms with Crippen molar-refractivity contribution in [3.63, 3.8) is 0 Å². The van der Waals surface area contributed by atoms with Gasteiger partial charge < -0.3 is 31.1 Å². The van der Waals surface area contributed by atoms with E-state index in [1.54, 1.807) is 0 Å². The Labute approximate surface area is 226 Å². The van der Waals surface area contributed by atoms with Gasteiger partial charge in [0.2, 0.25) is 11.8 Å². The second-order valence-electron chi connectivity index (χ2n) is 9.74. The molecule has 0 bridgehead atoms. The van der Waals surface area contributed by atoms with Gasteiger partial charge in [-0.15, -0.1) is 0 Å². The molecular formula is C31H31N5O3. The van der Waals surface area contributed by atoms with Crippen LogP contribution in [0.25, 0.3) is 21.8 Å². The highest BCUT2D eigenvalue weighted by molar-refractivity contribution is 5.92. The molecule has 39 heavy (non-hydrogen) atoms. The maximum atomic E-state index is 13.4. The van der Waals surface area contributed by atoms with E-state index in [1.807, 2.05) is 91.3 Å². The Morgan fingerprint density at radius 2 is 1.28 bits per heavy atom. The number of benzene rings is 3. The molecule has 8 heteroatoms. The van der Waals surface area contributed by atoms with Gasteiger partial charge in [-0.05, 0) is 35.2 Å². The fraction of sp³-hybridized carbons (Fsp3) is 0.194. The van der Waals surface area contributed by atoms with Gasteiger partial charge in [0.05, 0.1) is 12.1 Å². The number of nitrogens with two attached hydrogens (primary N) is 1. The van der Waals surface area contributed by atoms with Crippen molar-refractivity contribution in [1.29, 1.82) is 0 Å². The average Bonchev–Trinajstić information content (AvgIpc) is 3.57. The van der Waals surface area contributed by atoms with Crippen molar-refractivity contribution >= 4 is 39.9 Å². The van der Waals surface area contributed by atoms with Crippen LogP contribution in [0.3, 0.4) is 0 Å². The summed E-state index contributed by atoms with van der Waals surface area (Å²) >= 11 is 0. The number of para-hydroxylation sites is 2. The molecule has 0 spiro atoms. The minimum Gasteiger partial charge on any atom is -0.361 e. The standard InChI is InChI=1S/C31H31N5O3/c32-26(16-22-18-34-28-13-7-5-11-25(22)28)30(38)36-29(14-20-8-2-1-3-9-20)31(39)35-23(19-37)15-21-17-33-27-12-6-4-10-24(21)27/h1-13,17-19,23,26,29,33-34H,14-16,32H2,(H,35,39)(H,36,38)/t23-,26-,29-/m1/s1. The molecule has 0 fully saturated rings. The van der Waals surface area contributed by atoms with Crippen molar-refractivity contribution in [2.75, 3.05) is 0 Å². The Morgan fingerprint density at radius 1 is 0.718 bits per heavy atom. The minimum absolute atomic E-state index is 0.261. The van der Waals surface area contributed by atoms with Crippen molar-refractivity contribution < 1.29 is 14.4 Å². The first-order valence-corrected chi connectivity index (χ1v) is 13.0. The molecule has 6 N–H and O–H groups in total. The van der Waals surface area contributed by atoms with Crippen LogP contribution in [-0.2, 0) is 33.6 Å². The predicted octanol–water partition coefficient (Wildman–Crippen LogP) is 3.17. The molecule has 2 aromatic heterocycles. The SMILES string of the molecule is N[C@H](Cc1c[nH]c2ccccc12)C(=O)N[C@H](Cc1ccccc1)C(=O)N[C@@H](C=O)Cc1c[nH]c2ccccc12. The molecule has 2 amide bonds. The van der Waals surface area contributed by atoms with E-state index in [-0.39, 0.29) is 6.42 Å². The summed E-state index contributed by atoms with van der Waals surface area (Å²) in [4.78, 5) is 44.9. The maximum Gasteiger partial charge on any atom is 0.243 e. The van der Waals surface area contributed by atoms with Crippen molar-refractivity contribution in [3.05, 3.63) is 108 Å². The molecular weight excluding hydrogens is 490 g/mol. The van der Waals surface area contributed by atoms with Crippen LogP contribution >= 0.6 is 0 Å². The Balaban J connectivity index is 1.29. The lowest BCUT2D eigenvalue weighted by Crippen LogP contribution is -2.55. The van der Waals surface area contributed by atoms with Crippen LogP contribution in [0.5, 0.6) is 0 Å². The fourth-order valence-corrected chi connectivity index (χ4v) is 4.92. The van der Waals surface area contributed by atoms with Crippen LogP contribution in [0, 0.1) is 0 Å². The highest BCUT2D eigenvalue weighted by Gasteiger charge is 2.27. The molecule has 3 aromatic carbocycles. The summed E-state index contributed by atoms with van der Waals surface area (Å²) < 4.78 is 0. The topological polar surface area (TPSA) is 133 Å². The number of aldehydes is 1. The van der Waals surface area contributed by atoms with Gasteiger partial charge in [-0.25, -0.2) is 0 Å². The molecule has 2 heterocycles. The minimum atomic E-state index is -0.903. The van der Waals surface area contributed by atoms with Gasteiger partial charge >= 0.3 is 0 Å². The van der Waals surface area contributed by atoms with Crippen LogP contribution in [0.15, 0.2) is 91.3 Å². The van der Waals surface area contributed by atoms with Gasteiger partial charge in [-0.3, -0.25) is 9.59 Å². The number of carbonyl (C=O) groups is 3. The zero-order chi connectivity index (χ0) is 27.2. The van der Waals surface area contributed by atoms with Gasteiger partial charge in [0, 0.05) is 47.0 Å². The first kappa shape index (κ1) is 25.9. The number of nitrogens with one attached hydrogen (secondary N) is 4. The number of carbonyl (C=O) groups excluding carboxylic acids is 3. The smallest absolute Gasteiger partial charge is 0.243 e. The second-order valence-corrected chi connectivity index (χ2v) is 9.74. The Kier molecular flexibility index (Phi) is 7.84. The molecule has 5 rings (SSSR count). The predicted molar refractivity (Wildman–Crippen MR) is 152 cm³/mol. The van der Waals surface area contributed by atoms with Crippen molar-refractivity contribution in [1.82, 2.24) is 20.6 Å². The fourth-order valence-electron chi connectivity index (χ4n) is 4.92. The van der Waals surface area contributed by atoms with Crippen LogP contribution in [0.1, 0.15) is 16.7 Å². The lowest BCUT2D eigenvalue weighted by Gasteiger charge is -2.23. The van der Waals surface area contributed by atoms with E-state index in [1.165, 1.54) is 0 Å². The molecule has 3 atom stereocenters. The first-order chi connectivity index (χ1) is 19.0. The summed E-state index contributed by atoms with van der Waals surface area (Å²) in [6.07, 6.45) is 5.32. The van der Waals surface area contributed by atoms with Crippen LogP contribution < -0.4 is 16.4 Å². The largest absolute Gasteiger partial charge is 0.361 e. The van der Waals surface area contributed by atoms with E-state index in [0.29, 0.717) is 12.8 Å². The Bertz CT molecular complexity index is 1590. The zero-order valence-electron chi connectivity index (χ0n) is 21.4. The highest BCUT2D eigenvalue weighted by atomic mass is 16.2. The molecule has 0 aliphatic rings. The van der Waals surface area contributed by atoms with Gasteiger partial charge in [-0.1, -0.05) is 66.7 Å². The van der Waals surface area contributed by atoms with Gasteiger partial charge in [0.15, 0.2) is 0 Å². The number of hydrogen-bond donors (Lipinski definition) is 5. The number of rotatable bonds is 11.